The summed E-state index contributed by atoms with van der Waals surface area (Å²) in [6, 6.07) is 11.2. The molecule has 3 aromatic rings. The molecule has 0 aliphatic rings. The molecule has 126 valence electrons. The molecular weight excluding hydrogens is 326 g/mol. The molecule has 3 rings (SSSR count). The van der Waals surface area contributed by atoms with E-state index in [0.717, 1.165) is 17.5 Å². The van der Waals surface area contributed by atoms with Crippen LogP contribution in [0.5, 0.6) is 5.75 Å². The third-order valence-electron chi connectivity index (χ3n) is 3.50. The van der Waals surface area contributed by atoms with Gasteiger partial charge < -0.3 is 9.47 Å². The molecule has 0 saturated heterocycles. The van der Waals surface area contributed by atoms with Crippen LogP contribution < -0.4 is 4.74 Å². The largest absolute Gasteiger partial charge is 0.493 e. The van der Waals surface area contributed by atoms with Gasteiger partial charge in [-0.05, 0) is 18.2 Å². The number of methoxy groups -OCH3 is 1. The smallest absolute Gasteiger partial charge is 0.172 e. The number of benzene rings is 1. The number of aromatic nitrogens is 3. The molecule has 0 fully saturated rings. The first kappa shape index (κ1) is 16.6. The highest BCUT2D eigenvalue weighted by molar-refractivity contribution is 7.83. The van der Waals surface area contributed by atoms with E-state index in [-0.39, 0.29) is 0 Å². The van der Waals surface area contributed by atoms with E-state index in [0.29, 0.717) is 30.5 Å². The van der Waals surface area contributed by atoms with E-state index in [4.69, 9.17) is 9.47 Å². The topological polar surface area (TPSA) is 66.2 Å². The van der Waals surface area contributed by atoms with Crippen molar-refractivity contribution in [2.24, 2.45) is 0 Å². The quantitative estimate of drug-likeness (QED) is 0.616. The Labute approximate surface area is 143 Å². The maximum absolute atomic E-state index is 12.2. The lowest BCUT2D eigenvalue weighted by Gasteiger charge is -2.08. The van der Waals surface area contributed by atoms with E-state index in [1.165, 1.54) is 0 Å². The lowest BCUT2D eigenvalue weighted by Crippen LogP contribution is -2.05. The highest BCUT2D eigenvalue weighted by atomic mass is 32.2. The minimum Gasteiger partial charge on any atom is -0.493 e. The predicted molar refractivity (Wildman–Crippen MR) is 94.4 cm³/mol. The average molecular weight is 345 g/mol. The van der Waals surface area contributed by atoms with Crippen LogP contribution in [0.4, 0.5) is 0 Å². The molecule has 0 spiro atoms. The van der Waals surface area contributed by atoms with Gasteiger partial charge in [0.1, 0.15) is 22.4 Å². The number of ether oxygens (including phenoxy) is 2. The van der Waals surface area contributed by atoms with Crippen molar-refractivity contribution in [1.82, 2.24) is 13.9 Å². The highest BCUT2D eigenvalue weighted by Crippen LogP contribution is 2.26. The van der Waals surface area contributed by atoms with Crippen LogP contribution >= 0.6 is 0 Å². The molecule has 1 unspecified atom stereocenters. The van der Waals surface area contributed by atoms with E-state index in [1.807, 2.05) is 30.3 Å². The summed E-state index contributed by atoms with van der Waals surface area (Å²) < 4.78 is 24.6. The average Bonchev–Trinajstić information content (AvgIpc) is 2.99. The van der Waals surface area contributed by atoms with Gasteiger partial charge in [0, 0.05) is 38.7 Å². The Morgan fingerprint density at radius 3 is 2.83 bits per heavy atom. The zero-order valence-electron chi connectivity index (χ0n) is 13.6. The minimum atomic E-state index is -1.24. The van der Waals surface area contributed by atoms with Crippen LogP contribution in [0.15, 0.2) is 42.6 Å². The highest BCUT2D eigenvalue weighted by Gasteiger charge is 2.16. The number of rotatable bonds is 7. The normalized spacial score (nSPS) is 12.4. The van der Waals surface area contributed by atoms with E-state index in [9.17, 15) is 4.21 Å². The summed E-state index contributed by atoms with van der Waals surface area (Å²) in [5, 5.41) is 0. The van der Waals surface area contributed by atoms with Gasteiger partial charge in [0.2, 0.25) is 0 Å². The van der Waals surface area contributed by atoms with Crippen LogP contribution in [0.1, 0.15) is 6.42 Å². The Morgan fingerprint density at radius 2 is 2.04 bits per heavy atom. The summed E-state index contributed by atoms with van der Waals surface area (Å²) in [6.07, 6.45) is 4.11. The van der Waals surface area contributed by atoms with E-state index < -0.39 is 11.0 Å². The van der Waals surface area contributed by atoms with Gasteiger partial charge in [0.25, 0.3) is 0 Å². The first-order valence-electron chi connectivity index (χ1n) is 7.60. The number of hydrogen-bond donors (Lipinski definition) is 0. The second kappa shape index (κ2) is 7.55. The second-order valence-electron chi connectivity index (χ2n) is 5.21. The number of imidazole rings is 1. The van der Waals surface area contributed by atoms with Crippen molar-refractivity contribution in [3.63, 3.8) is 0 Å². The third kappa shape index (κ3) is 3.47. The fourth-order valence-corrected chi connectivity index (χ4v) is 3.25. The molecule has 0 N–H and O–H groups in total. The molecule has 0 aliphatic carbocycles. The zero-order chi connectivity index (χ0) is 16.9. The van der Waals surface area contributed by atoms with Crippen LogP contribution in [-0.4, -0.2) is 44.7 Å². The van der Waals surface area contributed by atoms with Crippen molar-refractivity contribution >= 4 is 22.0 Å². The van der Waals surface area contributed by atoms with Gasteiger partial charge in [-0.15, -0.1) is 0 Å². The number of nitrogens with zero attached hydrogens (tertiary/aromatic N) is 3. The molecule has 1 atom stereocenters. The summed E-state index contributed by atoms with van der Waals surface area (Å²) in [5.74, 6) is 1.27. The molecule has 0 saturated carbocycles. The Morgan fingerprint density at radius 1 is 1.21 bits per heavy atom. The van der Waals surface area contributed by atoms with Gasteiger partial charge in [0.15, 0.2) is 5.82 Å². The van der Waals surface area contributed by atoms with E-state index in [1.54, 1.807) is 29.6 Å². The lowest BCUT2D eigenvalue weighted by atomic mass is 10.3. The maximum atomic E-state index is 12.2. The molecule has 24 heavy (non-hydrogen) atoms. The van der Waals surface area contributed by atoms with Crippen molar-refractivity contribution in [2.45, 2.75) is 6.42 Å². The number of para-hydroxylation sites is 2. The standard InChI is InChI=1S/C17H19N3O3S/c1-22-10-5-11-23-13-8-9-18-15(12-13)17-19-14-6-3-4-7-16(14)20(17)24(2)21/h3-4,6-9,12H,5,10-11H2,1-2H3. The van der Waals surface area contributed by atoms with Crippen molar-refractivity contribution in [3.05, 3.63) is 42.6 Å². The Bertz CT molecular complexity index is 863. The van der Waals surface area contributed by atoms with E-state index in [2.05, 4.69) is 9.97 Å². The van der Waals surface area contributed by atoms with Crippen LogP contribution in [0.25, 0.3) is 22.6 Å². The van der Waals surface area contributed by atoms with Gasteiger partial charge in [-0.1, -0.05) is 12.1 Å². The van der Waals surface area contributed by atoms with Crippen LogP contribution in [0.3, 0.4) is 0 Å². The van der Waals surface area contributed by atoms with Crippen molar-refractivity contribution in [3.8, 4) is 17.3 Å². The maximum Gasteiger partial charge on any atom is 0.172 e. The summed E-state index contributed by atoms with van der Waals surface area (Å²) >= 11 is 0. The molecule has 2 heterocycles. The van der Waals surface area contributed by atoms with Crippen molar-refractivity contribution < 1.29 is 13.7 Å². The fourth-order valence-electron chi connectivity index (χ4n) is 2.44. The van der Waals surface area contributed by atoms with Crippen LogP contribution in [-0.2, 0) is 15.7 Å². The molecule has 0 aliphatic heterocycles. The van der Waals surface area contributed by atoms with Gasteiger partial charge in [-0.2, -0.15) is 0 Å². The second-order valence-corrected chi connectivity index (χ2v) is 6.43. The summed E-state index contributed by atoms with van der Waals surface area (Å²) in [7, 11) is 0.424. The van der Waals surface area contributed by atoms with Crippen molar-refractivity contribution in [2.75, 3.05) is 26.6 Å². The number of pyridine rings is 1. The molecule has 1 aromatic carbocycles. The molecule has 2 aromatic heterocycles. The summed E-state index contributed by atoms with van der Waals surface area (Å²) in [5.41, 5.74) is 2.24. The fraction of sp³-hybridized carbons (Fsp3) is 0.294. The SMILES string of the molecule is COCCCOc1ccnc(-c2nc3ccccc3n2S(C)=O)c1. The van der Waals surface area contributed by atoms with Crippen LogP contribution in [0, 0.1) is 0 Å². The van der Waals surface area contributed by atoms with Gasteiger partial charge in [-0.25, -0.2) is 13.2 Å². The Hall–Kier alpha value is -2.25. The number of fused-ring (bicyclic) bond motifs is 1. The van der Waals surface area contributed by atoms with Gasteiger partial charge >= 0.3 is 0 Å². The molecule has 7 heteroatoms. The number of hydrogen-bond acceptors (Lipinski definition) is 5. The molecule has 0 radical (unpaired) electrons. The van der Waals surface area contributed by atoms with Crippen LogP contribution in [0.2, 0.25) is 0 Å². The molecule has 0 amide bonds. The first-order valence-corrected chi connectivity index (χ1v) is 9.12. The third-order valence-corrected chi connectivity index (χ3v) is 4.38. The molecule has 6 nitrogen and oxygen atoms in total. The predicted octanol–water partition coefficient (Wildman–Crippen LogP) is 2.66. The van der Waals surface area contributed by atoms with Crippen molar-refractivity contribution in [1.29, 1.82) is 0 Å². The first-order chi connectivity index (χ1) is 11.7. The zero-order valence-corrected chi connectivity index (χ0v) is 14.5. The Kier molecular flexibility index (Phi) is 5.22. The van der Waals surface area contributed by atoms with E-state index >= 15 is 0 Å². The summed E-state index contributed by atoms with van der Waals surface area (Å²) in [6.45, 7) is 1.22. The van der Waals surface area contributed by atoms with Gasteiger partial charge in [0.05, 0.1) is 17.6 Å². The lowest BCUT2D eigenvalue weighted by molar-refractivity contribution is 0.172. The Balaban J connectivity index is 1.95. The summed E-state index contributed by atoms with van der Waals surface area (Å²) in [4.78, 5) is 8.96. The minimum absolute atomic E-state index is 0.563. The molecular formula is C17H19N3O3S. The monoisotopic (exact) mass is 345 g/mol. The van der Waals surface area contributed by atoms with Gasteiger partial charge in [-0.3, -0.25) is 4.98 Å². The molecule has 0 bridgehead atoms.